The smallest absolute Gasteiger partial charge is 0.171 e. The molecule has 0 aromatic heterocycles. The molecule has 0 radical (unpaired) electrons. The van der Waals surface area contributed by atoms with Crippen LogP contribution in [0.1, 0.15) is 135 Å². The van der Waals surface area contributed by atoms with Gasteiger partial charge in [0.25, 0.3) is 0 Å². The number of allylic oxidation sites excluding steroid dienone is 1. The van der Waals surface area contributed by atoms with E-state index in [0.29, 0.717) is 62.0 Å². The second-order valence-corrected chi connectivity index (χ2v) is 17.2. The number of hydrogen-bond donors (Lipinski definition) is 3. The fourth-order valence-electron chi connectivity index (χ4n) is 12.2. The van der Waals surface area contributed by atoms with Crippen molar-refractivity contribution in [2.75, 3.05) is 26.4 Å². The van der Waals surface area contributed by atoms with E-state index in [1.807, 2.05) is 0 Å². The molecule has 1 spiro atoms. The van der Waals surface area contributed by atoms with Gasteiger partial charge in [-0.15, -0.1) is 0 Å². The fraction of sp³-hybridized carbons (Fsp3) is 0.900. The summed E-state index contributed by atoms with van der Waals surface area (Å²) in [5.74, 6) is 7.85. The molecule has 2 saturated heterocycles. The minimum Gasteiger partial charge on any atom is -0.385 e. The van der Waals surface area contributed by atoms with Gasteiger partial charge in [-0.25, -0.2) is 0 Å². The average molecular weight is 652 g/mol. The topological polar surface area (TPSA) is 89.4 Å². The maximum Gasteiger partial charge on any atom is 0.171 e. The van der Waals surface area contributed by atoms with Crippen molar-refractivity contribution in [2.45, 2.75) is 171 Å². The van der Waals surface area contributed by atoms with Crippen LogP contribution < -0.4 is 5.32 Å². The number of hydrogen-bond acceptors (Lipinski definition) is 7. The zero-order valence-corrected chi connectivity index (χ0v) is 29.0. The summed E-state index contributed by atoms with van der Waals surface area (Å²) in [6.07, 6.45) is 21.5. The number of nitrogens with one attached hydrogen (secondary N) is 1. The van der Waals surface area contributed by atoms with E-state index in [-0.39, 0.29) is 11.7 Å². The molecule has 0 aromatic carbocycles. The van der Waals surface area contributed by atoms with Crippen LogP contribution >= 0.6 is 0 Å². The van der Waals surface area contributed by atoms with Gasteiger partial charge in [0.05, 0.1) is 18.8 Å². The molecule has 8 aliphatic rings. The van der Waals surface area contributed by atoms with E-state index in [0.717, 1.165) is 70.8 Å². The number of rotatable bonds is 5. The van der Waals surface area contributed by atoms with Crippen molar-refractivity contribution in [3.05, 3.63) is 11.1 Å². The molecule has 5 saturated carbocycles. The summed E-state index contributed by atoms with van der Waals surface area (Å²) in [5, 5.41) is 29.0. The van der Waals surface area contributed by atoms with Crippen molar-refractivity contribution >= 4 is 0 Å². The molecule has 2 heterocycles. The molecule has 262 valence electrons. The van der Waals surface area contributed by atoms with Crippen LogP contribution in [0.3, 0.4) is 0 Å². The minimum atomic E-state index is -1.02. The van der Waals surface area contributed by atoms with E-state index in [1.165, 1.54) is 63.4 Å². The molecule has 7 nitrogen and oxygen atoms in total. The van der Waals surface area contributed by atoms with Gasteiger partial charge in [0.1, 0.15) is 12.2 Å². The lowest BCUT2D eigenvalue weighted by Crippen LogP contribution is -2.56. The Balaban J connectivity index is 1.06. The Morgan fingerprint density at radius 1 is 0.809 bits per heavy atom. The number of aliphatic hydroxyl groups is 2. The van der Waals surface area contributed by atoms with Gasteiger partial charge in [-0.1, -0.05) is 43.6 Å². The Morgan fingerprint density at radius 3 is 2.34 bits per heavy atom. The molecular formula is C40H61NO6. The van der Waals surface area contributed by atoms with E-state index in [2.05, 4.69) is 24.1 Å². The molecule has 47 heavy (non-hydrogen) atoms. The van der Waals surface area contributed by atoms with Crippen LogP contribution in [0.25, 0.3) is 0 Å². The molecule has 6 aliphatic carbocycles. The first-order valence-corrected chi connectivity index (χ1v) is 19.8. The largest absolute Gasteiger partial charge is 0.385 e. The molecule has 0 aromatic rings. The van der Waals surface area contributed by atoms with Gasteiger partial charge in [0.15, 0.2) is 12.1 Å². The second-order valence-electron chi connectivity index (χ2n) is 17.2. The standard InChI is InChI=1S/C40H61NO6/c1-37-26-32(28-11-13-30(14-12-28)41-29-8-3-2-4-9-29)36-31(15-19-38(42)27-40(21-17-34(36)38)46-24-25-47-40)33(37)16-20-39(37,43)18-7-23-45-35-10-5-6-22-44-35/h28-33,35,41-43H,2-6,8-17,19-27H2,1H3/t28?,30?,31?,32?,33?,35?,37?,38-,39?/m1/s1. The molecule has 7 heteroatoms. The summed E-state index contributed by atoms with van der Waals surface area (Å²) in [6, 6.07) is 1.34. The van der Waals surface area contributed by atoms with Crippen LogP contribution in [0.15, 0.2) is 11.1 Å². The molecule has 2 aliphatic heterocycles. The highest BCUT2D eigenvalue weighted by molar-refractivity contribution is 5.39. The lowest BCUT2D eigenvalue weighted by atomic mass is 9.48. The zero-order chi connectivity index (χ0) is 32.1. The van der Waals surface area contributed by atoms with Crippen LogP contribution in [-0.2, 0) is 18.9 Å². The Kier molecular flexibility index (Phi) is 9.38. The van der Waals surface area contributed by atoms with E-state index in [1.54, 1.807) is 5.57 Å². The highest BCUT2D eigenvalue weighted by Crippen LogP contribution is 2.67. The summed E-state index contributed by atoms with van der Waals surface area (Å²) in [5.41, 5.74) is 0.788. The van der Waals surface area contributed by atoms with Crippen molar-refractivity contribution in [3.8, 4) is 11.8 Å². The highest BCUT2D eigenvalue weighted by Gasteiger charge is 2.65. The van der Waals surface area contributed by atoms with Gasteiger partial charge >= 0.3 is 0 Å². The van der Waals surface area contributed by atoms with Crippen LogP contribution in [-0.4, -0.2) is 72.0 Å². The highest BCUT2D eigenvalue weighted by atomic mass is 16.7. The predicted molar refractivity (Wildman–Crippen MR) is 180 cm³/mol. The lowest BCUT2D eigenvalue weighted by molar-refractivity contribution is -0.208. The zero-order valence-electron chi connectivity index (χ0n) is 29.0. The summed E-state index contributed by atoms with van der Waals surface area (Å²) in [4.78, 5) is 0. The molecule has 6 unspecified atom stereocenters. The minimum absolute atomic E-state index is 0.161. The van der Waals surface area contributed by atoms with Crippen LogP contribution in [0.4, 0.5) is 0 Å². The van der Waals surface area contributed by atoms with E-state index < -0.39 is 17.0 Å². The van der Waals surface area contributed by atoms with Crippen molar-refractivity contribution in [2.24, 2.45) is 29.1 Å². The van der Waals surface area contributed by atoms with E-state index in [9.17, 15) is 10.2 Å². The Bertz CT molecular complexity index is 1210. The van der Waals surface area contributed by atoms with Gasteiger partial charge in [0.2, 0.25) is 0 Å². The fourth-order valence-corrected chi connectivity index (χ4v) is 12.2. The monoisotopic (exact) mass is 651 g/mol. The third-order valence-electron chi connectivity index (χ3n) is 14.6. The van der Waals surface area contributed by atoms with Crippen LogP contribution in [0, 0.1) is 40.9 Å². The molecule has 7 fully saturated rings. The van der Waals surface area contributed by atoms with Crippen LogP contribution in [0.5, 0.6) is 0 Å². The normalized spacial score (nSPS) is 45.2. The summed E-state index contributed by atoms with van der Waals surface area (Å²) >= 11 is 0. The molecule has 3 N–H and O–H groups in total. The van der Waals surface area contributed by atoms with Crippen molar-refractivity contribution < 1.29 is 29.2 Å². The molecular weight excluding hydrogens is 590 g/mol. The maximum absolute atomic E-state index is 12.5. The van der Waals surface area contributed by atoms with Gasteiger partial charge in [-0.2, -0.15) is 0 Å². The van der Waals surface area contributed by atoms with Gasteiger partial charge in [-0.05, 0) is 126 Å². The SMILES string of the molecule is CC12CC(C3CCC(NC4CCCCC4)CC3)C3=C4CCC5(C[C@]4(O)CCC3C1CCC2(O)C#CCOC1CCCCO1)OCCO5. The second kappa shape index (κ2) is 13.3. The number of ether oxygens (including phenoxy) is 4. The number of fused-ring (bicyclic) bond motifs is 4. The van der Waals surface area contributed by atoms with Crippen molar-refractivity contribution in [3.63, 3.8) is 0 Å². The lowest BCUT2D eigenvalue weighted by Gasteiger charge is -2.58. The summed E-state index contributed by atoms with van der Waals surface area (Å²) in [7, 11) is 0. The van der Waals surface area contributed by atoms with Gasteiger partial charge in [-0.3, -0.25) is 0 Å². The van der Waals surface area contributed by atoms with Crippen LogP contribution in [0.2, 0.25) is 0 Å². The van der Waals surface area contributed by atoms with Gasteiger partial charge < -0.3 is 34.5 Å². The Labute approximate surface area is 283 Å². The molecule has 8 rings (SSSR count). The molecule has 7 atom stereocenters. The first-order chi connectivity index (χ1) is 22.8. The van der Waals surface area contributed by atoms with E-state index in [4.69, 9.17) is 18.9 Å². The first-order valence-electron chi connectivity index (χ1n) is 19.8. The molecule has 0 bridgehead atoms. The Morgan fingerprint density at radius 2 is 1.57 bits per heavy atom. The van der Waals surface area contributed by atoms with Crippen molar-refractivity contribution in [1.82, 2.24) is 5.32 Å². The molecule has 0 amide bonds. The quantitative estimate of drug-likeness (QED) is 0.230. The van der Waals surface area contributed by atoms with Gasteiger partial charge in [0, 0.05) is 36.9 Å². The average Bonchev–Trinajstić information content (AvgIpc) is 3.64. The summed E-state index contributed by atoms with van der Waals surface area (Å²) in [6.45, 7) is 4.70. The third kappa shape index (κ3) is 6.19. The Hall–Kier alpha value is -0.980. The van der Waals surface area contributed by atoms with Crippen molar-refractivity contribution in [1.29, 1.82) is 0 Å². The first kappa shape index (κ1) is 33.2. The third-order valence-corrected chi connectivity index (χ3v) is 14.6. The maximum atomic E-state index is 12.5. The van der Waals surface area contributed by atoms with E-state index >= 15 is 0 Å². The summed E-state index contributed by atoms with van der Waals surface area (Å²) < 4.78 is 24.1. The predicted octanol–water partition coefficient (Wildman–Crippen LogP) is 6.55.